The molecule has 1 aliphatic carbocycles. The van der Waals surface area contributed by atoms with Gasteiger partial charge in [-0.15, -0.1) is 11.3 Å². The van der Waals surface area contributed by atoms with Crippen LogP contribution >= 0.6 is 11.3 Å². The molecule has 0 amide bonds. The standard InChI is InChI=1S/C12H15N3S/c13-11-10-8-5-3-1-2-4-6-9(8)16-12(10)15-7-14-11/h7H,1-6H2,(H2,13,14,15). The number of aryl methyl sites for hydroxylation is 2. The first kappa shape index (κ1) is 10.0. The molecule has 4 heteroatoms. The lowest BCUT2D eigenvalue weighted by molar-refractivity contribution is 0.624. The number of hydrogen-bond donors (Lipinski definition) is 1. The van der Waals surface area contributed by atoms with Crippen molar-refractivity contribution in [3.05, 3.63) is 16.8 Å². The van der Waals surface area contributed by atoms with Gasteiger partial charge in [0.05, 0.1) is 5.39 Å². The lowest BCUT2D eigenvalue weighted by Gasteiger charge is -2.09. The Bertz CT molecular complexity index is 518. The maximum Gasteiger partial charge on any atom is 0.135 e. The second-order valence-corrected chi connectivity index (χ2v) is 5.44. The van der Waals surface area contributed by atoms with Gasteiger partial charge in [-0.25, -0.2) is 9.97 Å². The minimum absolute atomic E-state index is 0.656. The number of aromatic nitrogens is 2. The summed E-state index contributed by atoms with van der Waals surface area (Å²) < 4.78 is 0. The van der Waals surface area contributed by atoms with Gasteiger partial charge in [-0.1, -0.05) is 12.8 Å². The first-order chi connectivity index (χ1) is 7.86. The normalized spacial score (nSPS) is 16.8. The Morgan fingerprint density at radius 2 is 1.88 bits per heavy atom. The van der Waals surface area contributed by atoms with E-state index in [1.807, 2.05) is 0 Å². The van der Waals surface area contributed by atoms with Crippen LogP contribution in [0.5, 0.6) is 0 Å². The highest BCUT2D eigenvalue weighted by atomic mass is 32.1. The molecule has 3 rings (SSSR count). The van der Waals surface area contributed by atoms with Crippen LogP contribution in [-0.2, 0) is 12.8 Å². The fourth-order valence-electron chi connectivity index (χ4n) is 2.47. The van der Waals surface area contributed by atoms with Crippen molar-refractivity contribution in [3.63, 3.8) is 0 Å². The minimum Gasteiger partial charge on any atom is -0.383 e. The van der Waals surface area contributed by atoms with E-state index in [0.29, 0.717) is 5.82 Å². The molecule has 2 aromatic rings. The molecule has 1 aliphatic rings. The average molecular weight is 233 g/mol. The summed E-state index contributed by atoms with van der Waals surface area (Å²) in [7, 11) is 0. The van der Waals surface area contributed by atoms with Gasteiger partial charge in [-0.3, -0.25) is 0 Å². The SMILES string of the molecule is Nc1ncnc2sc3c(c12)CCCCCC3. The largest absolute Gasteiger partial charge is 0.383 e. The number of nitrogen functional groups attached to an aromatic ring is 1. The fourth-order valence-corrected chi connectivity index (χ4v) is 3.70. The second-order valence-electron chi connectivity index (χ2n) is 4.36. The lowest BCUT2D eigenvalue weighted by atomic mass is 9.98. The Hall–Kier alpha value is -1.16. The molecule has 0 atom stereocenters. The summed E-state index contributed by atoms with van der Waals surface area (Å²) in [6.45, 7) is 0. The predicted octanol–water partition coefficient (Wildman–Crippen LogP) is 2.93. The van der Waals surface area contributed by atoms with Gasteiger partial charge in [0.25, 0.3) is 0 Å². The molecule has 2 heterocycles. The van der Waals surface area contributed by atoms with Gasteiger partial charge in [-0.05, 0) is 31.2 Å². The third-order valence-corrected chi connectivity index (χ3v) is 4.48. The number of thiophene rings is 1. The third kappa shape index (κ3) is 1.57. The number of fused-ring (bicyclic) bond motifs is 3. The lowest BCUT2D eigenvalue weighted by Crippen LogP contribution is -1.98. The Labute approximate surface area is 98.7 Å². The first-order valence-electron chi connectivity index (χ1n) is 5.87. The van der Waals surface area contributed by atoms with Gasteiger partial charge in [0.15, 0.2) is 0 Å². The summed E-state index contributed by atoms with van der Waals surface area (Å²) in [6, 6.07) is 0. The van der Waals surface area contributed by atoms with E-state index in [1.165, 1.54) is 42.5 Å². The van der Waals surface area contributed by atoms with Gasteiger partial charge in [0.2, 0.25) is 0 Å². The van der Waals surface area contributed by atoms with Crippen molar-refractivity contribution in [1.29, 1.82) is 0 Å². The van der Waals surface area contributed by atoms with Crippen LogP contribution in [0, 0.1) is 0 Å². The van der Waals surface area contributed by atoms with Gasteiger partial charge in [0, 0.05) is 4.88 Å². The number of hydrogen-bond acceptors (Lipinski definition) is 4. The summed E-state index contributed by atoms with van der Waals surface area (Å²) in [6.07, 6.45) is 9.17. The highest BCUT2D eigenvalue weighted by molar-refractivity contribution is 7.18. The first-order valence-corrected chi connectivity index (χ1v) is 6.68. The highest BCUT2D eigenvalue weighted by Crippen LogP contribution is 2.35. The van der Waals surface area contributed by atoms with Crippen molar-refractivity contribution in [3.8, 4) is 0 Å². The highest BCUT2D eigenvalue weighted by Gasteiger charge is 2.16. The van der Waals surface area contributed by atoms with E-state index in [0.717, 1.165) is 16.6 Å². The van der Waals surface area contributed by atoms with Crippen LogP contribution in [0.2, 0.25) is 0 Å². The Morgan fingerprint density at radius 1 is 1.06 bits per heavy atom. The maximum atomic E-state index is 5.97. The molecule has 3 nitrogen and oxygen atoms in total. The quantitative estimate of drug-likeness (QED) is 0.761. The van der Waals surface area contributed by atoms with E-state index < -0.39 is 0 Å². The van der Waals surface area contributed by atoms with Crippen LogP contribution in [0.4, 0.5) is 5.82 Å². The average Bonchev–Trinajstić information content (AvgIpc) is 2.57. The molecule has 0 unspecified atom stereocenters. The molecular weight excluding hydrogens is 218 g/mol. The van der Waals surface area contributed by atoms with Crippen LogP contribution in [-0.4, -0.2) is 9.97 Å². The van der Waals surface area contributed by atoms with Crippen LogP contribution < -0.4 is 5.73 Å². The fraction of sp³-hybridized carbons (Fsp3) is 0.500. The van der Waals surface area contributed by atoms with E-state index in [-0.39, 0.29) is 0 Å². The van der Waals surface area contributed by atoms with E-state index >= 15 is 0 Å². The summed E-state index contributed by atoms with van der Waals surface area (Å²) in [5, 5.41) is 1.13. The zero-order valence-corrected chi connectivity index (χ0v) is 10.0. The van der Waals surface area contributed by atoms with Crippen molar-refractivity contribution >= 4 is 27.4 Å². The van der Waals surface area contributed by atoms with Crippen molar-refractivity contribution in [1.82, 2.24) is 9.97 Å². The van der Waals surface area contributed by atoms with Gasteiger partial charge in [0.1, 0.15) is 17.0 Å². The number of anilines is 1. The third-order valence-electron chi connectivity index (χ3n) is 3.28. The molecular formula is C12H15N3S. The second kappa shape index (κ2) is 4.01. The summed E-state index contributed by atoms with van der Waals surface area (Å²) >= 11 is 1.81. The monoisotopic (exact) mass is 233 g/mol. The van der Waals surface area contributed by atoms with Crippen LogP contribution in [0.25, 0.3) is 10.2 Å². The molecule has 2 N–H and O–H groups in total. The number of nitrogens with zero attached hydrogens (tertiary/aromatic N) is 2. The molecule has 16 heavy (non-hydrogen) atoms. The zero-order chi connectivity index (χ0) is 11.0. The van der Waals surface area contributed by atoms with E-state index in [9.17, 15) is 0 Å². The van der Waals surface area contributed by atoms with Gasteiger partial charge in [-0.2, -0.15) is 0 Å². The summed E-state index contributed by atoms with van der Waals surface area (Å²) in [4.78, 5) is 11.0. The Kier molecular flexibility index (Phi) is 2.52. The van der Waals surface area contributed by atoms with Crippen molar-refractivity contribution < 1.29 is 0 Å². The molecule has 0 spiro atoms. The van der Waals surface area contributed by atoms with E-state index in [4.69, 9.17) is 5.73 Å². The van der Waals surface area contributed by atoms with Crippen LogP contribution in [0.1, 0.15) is 36.1 Å². The van der Waals surface area contributed by atoms with E-state index in [2.05, 4.69) is 9.97 Å². The molecule has 2 aromatic heterocycles. The molecule has 0 saturated heterocycles. The van der Waals surface area contributed by atoms with Crippen LogP contribution in [0.15, 0.2) is 6.33 Å². The van der Waals surface area contributed by atoms with Gasteiger partial charge < -0.3 is 5.73 Å². The number of nitrogens with two attached hydrogens (primary N) is 1. The zero-order valence-electron chi connectivity index (χ0n) is 9.20. The van der Waals surface area contributed by atoms with Gasteiger partial charge >= 0.3 is 0 Å². The smallest absolute Gasteiger partial charge is 0.135 e. The van der Waals surface area contributed by atoms with Crippen molar-refractivity contribution in [2.45, 2.75) is 38.5 Å². The molecule has 0 saturated carbocycles. The summed E-state index contributed by atoms with van der Waals surface area (Å²) in [5.74, 6) is 0.656. The van der Waals surface area contributed by atoms with Crippen molar-refractivity contribution in [2.75, 3.05) is 5.73 Å². The minimum atomic E-state index is 0.656. The molecule has 84 valence electrons. The molecule has 0 aromatic carbocycles. The maximum absolute atomic E-state index is 5.97. The molecule has 0 bridgehead atoms. The predicted molar refractivity (Wildman–Crippen MR) is 67.7 cm³/mol. The van der Waals surface area contributed by atoms with Crippen molar-refractivity contribution in [2.24, 2.45) is 0 Å². The summed E-state index contributed by atoms with van der Waals surface area (Å²) in [5.41, 5.74) is 7.40. The molecule has 0 fully saturated rings. The Morgan fingerprint density at radius 3 is 2.75 bits per heavy atom. The molecule has 0 radical (unpaired) electrons. The van der Waals surface area contributed by atoms with Crippen LogP contribution in [0.3, 0.4) is 0 Å². The molecule has 0 aliphatic heterocycles. The Balaban J connectivity index is 2.21. The topological polar surface area (TPSA) is 51.8 Å². The number of rotatable bonds is 0. The van der Waals surface area contributed by atoms with E-state index in [1.54, 1.807) is 17.7 Å².